The summed E-state index contributed by atoms with van der Waals surface area (Å²) in [4.78, 5) is 20.7. The number of amides is 2. The highest BCUT2D eigenvalue weighted by molar-refractivity contribution is 5.95. The van der Waals surface area contributed by atoms with E-state index in [-0.39, 0.29) is 18.1 Å². The van der Waals surface area contributed by atoms with Crippen LogP contribution in [0.3, 0.4) is 0 Å². The van der Waals surface area contributed by atoms with Crippen molar-refractivity contribution >= 4 is 22.6 Å². The minimum Gasteiger partial charge on any atom is -0.361 e. The quantitative estimate of drug-likeness (QED) is 0.629. The number of nitrogens with zero attached hydrogens (tertiary/aromatic N) is 2. The minimum atomic E-state index is -0.000540. The molecule has 2 amide bonds. The fraction of sp³-hybridized carbons (Fsp3) is 0.348. The summed E-state index contributed by atoms with van der Waals surface area (Å²) in [6, 6.07) is 19.0. The number of nitrogens with one attached hydrogen (secondary N) is 3. The number of aromatic amines is 1. The first-order chi connectivity index (χ1) is 14.3. The number of H-pyrrole nitrogens is 1. The van der Waals surface area contributed by atoms with Gasteiger partial charge >= 0.3 is 6.03 Å². The maximum Gasteiger partial charge on any atom is 0.322 e. The Morgan fingerprint density at radius 1 is 1.00 bits per heavy atom. The lowest BCUT2D eigenvalue weighted by Gasteiger charge is -2.40. The van der Waals surface area contributed by atoms with Crippen molar-refractivity contribution in [2.24, 2.45) is 0 Å². The molecule has 2 unspecified atom stereocenters. The molecule has 0 aliphatic carbocycles. The lowest BCUT2D eigenvalue weighted by molar-refractivity contribution is 0.153. The predicted molar refractivity (Wildman–Crippen MR) is 116 cm³/mol. The molecule has 0 bridgehead atoms. The van der Waals surface area contributed by atoms with Crippen LogP contribution in [0, 0.1) is 0 Å². The Hall–Kier alpha value is -2.83. The van der Waals surface area contributed by atoms with E-state index >= 15 is 0 Å². The van der Waals surface area contributed by atoms with E-state index in [0.717, 1.165) is 38.3 Å². The average Bonchev–Trinajstić information content (AvgIpc) is 3.40. The molecule has 3 N–H and O–H groups in total. The third-order valence-electron chi connectivity index (χ3n) is 6.21. The minimum absolute atomic E-state index is 0.000540. The number of rotatable bonds is 5. The molecule has 29 heavy (non-hydrogen) atoms. The molecule has 0 saturated carbocycles. The SMILES string of the molecule is O=C1NCC(C(Cc2cccc3cc[nH]c23)N2CCNCC2)N1c1ccccc1. The fourth-order valence-corrected chi connectivity index (χ4v) is 4.79. The zero-order valence-corrected chi connectivity index (χ0v) is 16.5. The molecular weight excluding hydrogens is 362 g/mol. The molecular formula is C23H27N5O. The summed E-state index contributed by atoms with van der Waals surface area (Å²) < 4.78 is 0. The van der Waals surface area contributed by atoms with Crippen molar-refractivity contribution in [1.29, 1.82) is 0 Å². The maximum absolute atomic E-state index is 12.8. The van der Waals surface area contributed by atoms with E-state index in [1.807, 2.05) is 41.4 Å². The molecule has 150 valence electrons. The molecule has 2 fully saturated rings. The Morgan fingerprint density at radius 3 is 2.66 bits per heavy atom. The standard InChI is InChI=1S/C23H27N5O/c29-23-26-16-21(28(23)19-7-2-1-3-8-19)20(27-13-11-24-12-14-27)15-18-6-4-5-17-9-10-25-22(17)18/h1-10,20-21,24-25H,11-16H2,(H,26,29). The number of piperazine rings is 1. The molecule has 2 aliphatic heterocycles. The van der Waals surface area contributed by atoms with E-state index in [4.69, 9.17) is 0 Å². The summed E-state index contributed by atoms with van der Waals surface area (Å²) >= 11 is 0. The van der Waals surface area contributed by atoms with Crippen LogP contribution < -0.4 is 15.5 Å². The van der Waals surface area contributed by atoms with E-state index in [1.165, 1.54) is 16.5 Å². The highest BCUT2D eigenvalue weighted by atomic mass is 16.2. The summed E-state index contributed by atoms with van der Waals surface area (Å²) in [6.07, 6.45) is 2.91. The summed E-state index contributed by atoms with van der Waals surface area (Å²) in [5.74, 6) is 0. The van der Waals surface area contributed by atoms with Crippen molar-refractivity contribution in [3.8, 4) is 0 Å². The van der Waals surface area contributed by atoms with Crippen LogP contribution in [-0.2, 0) is 6.42 Å². The lowest BCUT2D eigenvalue weighted by atomic mass is 9.95. The van der Waals surface area contributed by atoms with Gasteiger partial charge in [-0.25, -0.2) is 4.79 Å². The Morgan fingerprint density at radius 2 is 1.83 bits per heavy atom. The van der Waals surface area contributed by atoms with Gasteiger partial charge in [-0.2, -0.15) is 0 Å². The molecule has 1 aromatic heterocycles. The van der Waals surface area contributed by atoms with E-state index in [2.05, 4.69) is 44.8 Å². The topological polar surface area (TPSA) is 63.4 Å². The molecule has 5 rings (SSSR count). The highest BCUT2D eigenvalue weighted by Gasteiger charge is 2.40. The first-order valence-electron chi connectivity index (χ1n) is 10.4. The fourth-order valence-electron chi connectivity index (χ4n) is 4.79. The molecule has 6 heteroatoms. The van der Waals surface area contributed by atoms with Gasteiger partial charge in [0.2, 0.25) is 0 Å². The van der Waals surface area contributed by atoms with Crippen LogP contribution in [0.25, 0.3) is 10.9 Å². The molecule has 0 spiro atoms. The molecule has 0 radical (unpaired) electrons. The number of benzene rings is 2. The Kier molecular flexibility index (Phi) is 4.96. The van der Waals surface area contributed by atoms with Crippen LogP contribution in [0.1, 0.15) is 5.56 Å². The third-order valence-corrected chi connectivity index (χ3v) is 6.21. The van der Waals surface area contributed by atoms with Gasteiger partial charge in [-0.1, -0.05) is 36.4 Å². The van der Waals surface area contributed by atoms with Crippen LogP contribution in [-0.4, -0.2) is 60.7 Å². The second-order valence-corrected chi connectivity index (χ2v) is 7.88. The normalized spacial score (nSPS) is 21.4. The van der Waals surface area contributed by atoms with E-state index in [0.29, 0.717) is 6.54 Å². The summed E-state index contributed by atoms with van der Waals surface area (Å²) in [5.41, 5.74) is 3.48. The van der Waals surface area contributed by atoms with E-state index < -0.39 is 0 Å². The lowest BCUT2D eigenvalue weighted by Crippen LogP contribution is -2.57. The molecule has 3 aromatic rings. The zero-order chi connectivity index (χ0) is 19.6. The van der Waals surface area contributed by atoms with Crippen LogP contribution in [0.2, 0.25) is 0 Å². The smallest absolute Gasteiger partial charge is 0.322 e. The number of para-hydroxylation sites is 2. The van der Waals surface area contributed by atoms with Crippen LogP contribution in [0.15, 0.2) is 60.8 Å². The largest absolute Gasteiger partial charge is 0.361 e. The van der Waals surface area contributed by atoms with Crippen molar-refractivity contribution < 1.29 is 4.79 Å². The Labute approximate surface area is 170 Å². The molecule has 2 atom stereocenters. The number of carbonyl (C=O) groups is 1. The first-order valence-corrected chi connectivity index (χ1v) is 10.4. The van der Waals surface area contributed by atoms with Crippen LogP contribution >= 0.6 is 0 Å². The Bertz CT molecular complexity index is 979. The van der Waals surface area contributed by atoms with Gasteiger partial charge < -0.3 is 15.6 Å². The van der Waals surface area contributed by atoms with Gasteiger partial charge in [-0.15, -0.1) is 0 Å². The van der Waals surface area contributed by atoms with Crippen LogP contribution in [0.5, 0.6) is 0 Å². The number of aromatic nitrogens is 1. The van der Waals surface area contributed by atoms with Gasteiger partial charge in [0.15, 0.2) is 0 Å². The van der Waals surface area contributed by atoms with Crippen molar-refractivity contribution in [1.82, 2.24) is 20.5 Å². The number of anilines is 1. The van der Waals surface area contributed by atoms with Crippen molar-refractivity contribution in [2.75, 3.05) is 37.6 Å². The Balaban J connectivity index is 1.51. The molecule has 2 aliphatic rings. The van der Waals surface area contributed by atoms with E-state index in [9.17, 15) is 4.79 Å². The second kappa shape index (κ2) is 7.89. The first kappa shape index (κ1) is 18.2. The zero-order valence-electron chi connectivity index (χ0n) is 16.5. The molecule has 3 heterocycles. The van der Waals surface area contributed by atoms with Gasteiger partial charge in [-0.3, -0.25) is 9.80 Å². The maximum atomic E-state index is 12.8. The second-order valence-electron chi connectivity index (χ2n) is 7.88. The van der Waals surface area contributed by atoms with E-state index in [1.54, 1.807) is 0 Å². The number of fused-ring (bicyclic) bond motifs is 1. The summed E-state index contributed by atoms with van der Waals surface area (Å²) in [5, 5.41) is 7.79. The average molecular weight is 390 g/mol. The monoisotopic (exact) mass is 389 g/mol. The third kappa shape index (κ3) is 3.50. The van der Waals surface area contributed by atoms with Crippen molar-refractivity contribution in [2.45, 2.75) is 18.5 Å². The van der Waals surface area contributed by atoms with Gasteiger partial charge in [0.05, 0.1) is 6.04 Å². The van der Waals surface area contributed by atoms with Gasteiger partial charge in [0, 0.05) is 56.2 Å². The van der Waals surface area contributed by atoms with Gasteiger partial charge in [0.25, 0.3) is 0 Å². The van der Waals surface area contributed by atoms with Gasteiger partial charge in [0.1, 0.15) is 0 Å². The number of hydrogen-bond acceptors (Lipinski definition) is 3. The summed E-state index contributed by atoms with van der Waals surface area (Å²) in [6.45, 7) is 4.64. The molecule has 2 saturated heterocycles. The van der Waals surface area contributed by atoms with Gasteiger partial charge in [-0.05, 0) is 35.6 Å². The number of urea groups is 1. The number of hydrogen-bond donors (Lipinski definition) is 3. The van der Waals surface area contributed by atoms with Crippen molar-refractivity contribution in [3.63, 3.8) is 0 Å². The number of carbonyl (C=O) groups excluding carboxylic acids is 1. The molecule has 2 aromatic carbocycles. The predicted octanol–water partition coefficient (Wildman–Crippen LogP) is 2.58. The highest BCUT2D eigenvalue weighted by Crippen LogP contribution is 2.28. The van der Waals surface area contributed by atoms with Crippen molar-refractivity contribution in [3.05, 3.63) is 66.4 Å². The van der Waals surface area contributed by atoms with Crippen LogP contribution in [0.4, 0.5) is 10.5 Å². The summed E-state index contributed by atoms with van der Waals surface area (Å²) in [7, 11) is 0. The molecule has 6 nitrogen and oxygen atoms in total.